The molecule has 0 fully saturated rings. The number of carbonyl (C=O) groups excluding carboxylic acids is 1. The van der Waals surface area contributed by atoms with Crippen molar-refractivity contribution in [2.24, 2.45) is 5.73 Å². The van der Waals surface area contributed by atoms with Gasteiger partial charge in [-0.05, 0) is 31.0 Å². The summed E-state index contributed by atoms with van der Waals surface area (Å²) >= 11 is 3.05. The van der Waals surface area contributed by atoms with Crippen LogP contribution in [0, 0.1) is 0 Å². The molecule has 1 aromatic rings. The van der Waals surface area contributed by atoms with Crippen LogP contribution in [0.15, 0.2) is 22.7 Å². The number of hydrogen-bond donors (Lipinski definition) is 1. The number of ether oxygens (including phenoxy) is 1. The van der Waals surface area contributed by atoms with Gasteiger partial charge in [-0.3, -0.25) is 0 Å². The van der Waals surface area contributed by atoms with Gasteiger partial charge in [-0.1, -0.05) is 22.0 Å². The molecule has 8 heteroatoms. The van der Waals surface area contributed by atoms with Crippen LogP contribution in [-0.4, -0.2) is 18.5 Å². The lowest BCUT2D eigenvalue weighted by atomic mass is 9.72. The van der Waals surface area contributed by atoms with E-state index in [1.807, 2.05) is 0 Å². The van der Waals surface area contributed by atoms with Gasteiger partial charge in [-0.15, -0.1) is 0 Å². The Hall–Kier alpha value is -1.15. The largest absolute Gasteiger partial charge is 0.461 e. The summed E-state index contributed by atoms with van der Waals surface area (Å²) in [6.45, 7) is 1.11. The Bertz CT molecular complexity index is 609. The molecule has 0 saturated heterocycles. The van der Waals surface area contributed by atoms with E-state index in [2.05, 4.69) is 20.7 Å². The molecule has 0 aromatic heterocycles. The summed E-state index contributed by atoms with van der Waals surface area (Å²) in [6, 6.07) is 3.47. The molecule has 0 saturated carbocycles. The smallest absolute Gasteiger partial charge is 0.379 e. The van der Waals surface area contributed by atoms with Gasteiger partial charge in [0.1, 0.15) is 5.54 Å². The number of fused-ring (bicyclic) bond motifs is 1. The highest BCUT2D eigenvalue weighted by molar-refractivity contribution is 9.10. The maximum absolute atomic E-state index is 14.5. The van der Waals surface area contributed by atoms with Crippen molar-refractivity contribution >= 4 is 21.9 Å². The van der Waals surface area contributed by atoms with E-state index in [9.17, 15) is 22.4 Å². The van der Waals surface area contributed by atoms with E-state index in [0.29, 0.717) is 4.47 Å². The van der Waals surface area contributed by atoms with Crippen LogP contribution in [0.1, 0.15) is 30.9 Å². The van der Waals surface area contributed by atoms with Gasteiger partial charge in [0.25, 0.3) is 5.92 Å². The van der Waals surface area contributed by atoms with Crippen molar-refractivity contribution in [2.45, 2.75) is 37.1 Å². The number of esters is 1. The Morgan fingerprint density at radius 3 is 2.59 bits per heavy atom. The molecule has 0 heterocycles. The second kappa shape index (κ2) is 5.49. The molecule has 0 radical (unpaired) electrons. The van der Waals surface area contributed by atoms with Crippen LogP contribution in [0.3, 0.4) is 0 Å². The van der Waals surface area contributed by atoms with Gasteiger partial charge in [0.2, 0.25) is 0 Å². The fraction of sp³-hybridized carbons (Fsp3) is 0.500. The Labute approximate surface area is 132 Å². The first-order valence-electron chi connectivity index (χ1n) is 6.58. The van der Waals surface area contributed by atoms with Crippen molar-refractivity contribution in [1.82, 2.24) is 0 Å². The summed E-state index contributed by atoms with van der Waals surface area (Å²) in [6.07, 6.45) is -1.61. The zero-order chi connectivity index (χ0) is 16.8. The maximum atomic E-state index is 14.5. The molecule has 22 heavy (non-hydrogen) atoms. The van der Waals surface area contributed by atoms with E-state index in [4.69, 9.17) is 5.73 Å². The molecular formula is C14H14BrF4NO2. The average molecular weight is 384 g/mol. The minimum Gasteiger partial charge on any atom is -0.461 e. The summed E-state index contributed by atoms with van der Waals surface area (Å²) in [7, 11) is 0. The van der Waals surface area contributed by atoms with Gasteiger partial charge < -0.3 is 10.5 Å². The zero-order valence-corrected chi connectivity index (χ0v) is 13.2. The monoisotopic (exact) mass is 383 g/mol. The van der Waals surface area contributed by atoms with Gasteiger partial charge >= 0.3 is 11.9 Å². The number of hydrogen-bond acceptors (Lipinski definition) is 3. The Morgan fingerprint density at radius 1 is 1.36 bits per heavy atom. The maximum Gasteiger partial charge on any atom is 0.379 e. The summed E-state index contributed by atoms with van der Waals surface area (Å²) in [4.78, 5) is 11.6. The van der Waals surface area contributed by atoms with Crippen LogP contribution in [0.2, 0.25) is 0 Å². The van der Waals surface area contributed by atoms with Crippen LogP contribution in [0.25, 0.3) is 0 Å². The third-order valence-corrected chi connectivity index (χ3v) is 4.27. The molecule has 1 atom stereocenters. The van der Waals surface area contributed by atoms with Crippen LogP contribution in [-0.2, 0) is 21.0 Å². The van der Waals surface area contributed by atoms with E-state index in [1.54, 1.807) is 0 Å². The molecule has 122 valence electrons. The second-order valence-corrected chi connectivity index (χ2v) is 6.08. The number of halogens is 5. The van der Waals surface area contributed by atoms with Crippen molar-refractivity contribution < 1.29 is 27.1 Å². The van der Waals surface area contributed by atoms with Crippen molar-refractivity contribution in [1.29, 1.82) is 0 Å². The highest BCUT2D eigenvalue weighted by Gasteiger charge is 2.63. The first-order valence-corrected chi connectivity index (χ1v) is 7.38. The van der Waals surface area contributed by atoms with Gasteiger partial charge in [0.05, 0.1) is 6.61 Å². The van der Waals surface area contributed by atoms with Crippen LogP contribution in [0.5, 0.6) is 0 Å². The summed E-state index contributed by atoms with van der Waals surface area (Å²) in [5.74, 6) is -9.20. The van der Waals surface area contributed by atoms with Crippen molar-refractivity contribution in [3.8, 4) is 0 Å². The fourth-order valence-electron chi connectivity index (χ4n) is 2.56. The van der Waals surface area contributed by atoms with E-state index in [0.717, 1.165) is 12.1 Å². The third-order valence-electron chi connectivity index (χ3n) is 3.78. The molecule has 0 amide bonds. The zero-order valence-electron chi connectivity index (χ0n) is 11.6. The molecular weight excluding hydrogens is 370 g/mol. The number of benzene rings is 1. The van der Waals surface area contributed by atoms with Gasteiger partial charge in [0, 0.05) is 16.5 Å². The van der Waals surface area contributed by atoms with Crippen molar-refractivity contribution in [3.63, 3.8) is 0 Å². The molecule has 2 rings (SSSR count). The van der Waals surface area contributed by atoms with E-state index >= 15 is 0 Å². The number of carbonyl (C=O) groups is 1. The predicted octanol–water partition coefficient (Wildman–Crippen LogP) is 3.69. The van der Waals surface area contributed by atoms with E-state index < -0.39 is 47.3 Å². The Morgan fingerprint density at radius 2 is 2.00 bits per heavy atom. The first kappa shape index (κ1) is 17.2. The highest BCUT2D eigenvalue weighted by atomic mass is 79.9. The third kappa shape index (κ3) is 2.52. The van der Waals surface area contributed by atoms with Crippen LogP contribution in [0.4, 0.5) is 17.6 Å². The molecule has 0 bridgehead atoms. The lowest BCUT2D eigenvalue weighted by Gasteiger charge is -2.42. The van der Waals surface area contributed by atoms with E-state index in [-0.39, 0.29) is 6.61 Å². The number of alkyl halides is 4. The standard InChI is InChI=1S/C14H14BrF4NO2/c1-2-22-11(21)14(18,19)12(20)5-6-13(16,17)9-4-3-8(15)7-10(9)12/h3-4,7H,2,5-6,20H2,1H3/t12-/m1/s1. The molecule has 1 aliphatic rings. The normalized spacial score (nSPS) is 23.8. The minimum atomic E-state index is -4.12. The molecule has 1 aliphatic carbocycles. The quantitative estimate of drug-likeness (QED) is 0.639. The molecule has 0 aliphatic heterocycles. The number of nitrogens with two attached hydrogens (primary N) is 1. The molecule has 1 aromatic carbocycles. The molecule has 2 N–H and O–H groups in total. The Kier molecular flexibility index (Phi) is 4.29. The molecule has 0 unspecified atom stereocenters. The Balaban J connectivity index is 2.62. The summed E-state index contributed by atoms with van der Waals surface area (Å²) < 4.78 is 61.6. The minimum absolute atomic E-state index is 0.258. The van der Waals surface area contributed by atoms with Gasteiger partial charge in [-0.2, -0.15) is 8.78 Å². The van der Waals surface area contributed by atoms with Crippen LogP contribution < -0.4 is 5.73 Å². The first-order chi connectivity index (χ1) is 10.1. The summed E-state index contributed by atoms with van der Waals surface area (Å²) in [5.41, 5.74) is 2.19. The van der Waals surface area contributed by atoms with Crippen LogP contribution >= 0.6 is 15.9 Å². The molecule has 3 nitrogen and oxygen atoms in total. The average Bonchev–Trinajstić information content (AvgIpc) is 2.43. The second-order valence-electron chi connectivity index (χ2n) is 5.16. The lowest BCUT2D eigenvalue weighted by molar-refractivity contribution is -0.187. The highest BCUT2D eigenvalue weighted by Crippen LogP contribution is 2.52. The number of rotatable bonds is 3. The SMILES string of the molecule is CCOC(=O)C(F)(F)[C@@]1(N)CCC(F)(F)c2ccc(Br)cc21. The van der Waals surface area contributed by atoms with Gasteiger partial charge in [0.15, 0.2) is 0 Å². The molecule has 0 spiro atoms. The lowest BCUT2D eigenvalue weighted by Crippen LogP contribution is -2.60. The van der Waals surface area contributed by atoms with E-state index in [1.165, 1.54) is 13.0 Å². The fourth-order valence-corrected chi connectivity index (χ4v) is 2.92. The van der Waals surface area contributed by atoms with Crippen molar-refractivity contribution in [3.05, 3.63) is 33.8 Å². The van der Waals surface area contributed by atoms with Gasteiger partial charge in [-0.25, -0.2) is 13.6 Å². The topological polar surface area (TPSA) is 52.3 Å². The summed E-state index contributed by atoms with van der Waals surface area (Å²) in [5, 5.41) is 0. The van der Waals surface area contributed by atoms with Crippen molar-refractivity contribution in [2.75, 3.05) is 6.61 Å². The predicted molar refractivity (Wildman–Crippen MR) is 74.7 cm³/mol.